The van der Waals surface area contributed by atoms with Crippen LogP contribution in [0.15, 0.2) is 36.4 Å². The fourth-order valence-electron chi connectivity index (χ4n) is 2.95. The maximum Gasteiger partial charge on any atom is 0.321 e. The summed E-state index contributed by atoms with van der Waals surface area (Å²) in [4.78, 5) is 49.5. The minimum Gasteiger partial charge on any atom is -0.455 e. The molecule has 30 heavy (non-hydrogen) atoms. The number of urea groups is 1. The van der Waals surface area contributed by atoms with Gasteiger partial charge in [-0.2, -0.15) is 0 Å². The average Bonchev–Trinajstić information content (AvgIpc) is 2.76. The van der Waals surface area contributed by atoms with Gasteiger partial charge in [0.1, 0.15) is 0 Å². The number of carbonyl (C=O) groups excluding carboxylic acids is 4. The largest absolute Gasteiger partial charge is 0.455 e. The summed E-state index contributed by atoms with van der Waals surface area (Å²) in [5.74, 6) is -1.63. The SMILES string of the molecule is CC[C@H](C)NC(=O)NC(=O)COC(=O)C1CCN(C(=O)/C=C/c2ccccc2)CC1. The van der Waals surface area contributed by atoms with Crippen LogP contribution in [0.5, 0.6) is 0 Å². The van der Waals surface area contributed by atoms with Crippen LogP contribution in [0.1, 0.15) is 38.7 Å². The fourth-order valence-corrected chi connectivity index (χ4v) is 2.95. The Morgan fingerprint density at radius 2 is 1.83 bits per heavy atom. The summed E-state index contributed by atoms with van der Waals surface area (Å²) in [6.45, 7) is 4.11. The maximum absolute atomic E-state index is 12.3. The van der Waals surface area contributed by atoms with Gasteiger partial charge >= 0.3 is 12.0 Å². The summed E-state index contributed by atoms with van der Waals surface area (Å²) in [6.07, 6.45) is 4.97. The Bertz CT molecular complexity index is 770. The number of rotatable bonds is 7. The van der Waals surface area contributed by atoms with Gasteiger partial charge in [0.2, 0.25) is 5.91 Å². The summed E-state index contributed by atoms with van der Waals surface area (Å²) in [5.41, 5.74) is 0.945. The van der Waals surface area contributed by atoms with Gasteiger partial charge in [-0.25, -0.2) is 4.79 Å². The first-order chi connectivity index (χ1) is 14.4. The lowest BCUT2D eigenvalue weighted by Gasteiger charge is -2.30. The average molecular weight is 415 g/mol. The van der Waals surface area contributed by atoms with Gasteiger partial charge in [0.25, 0.3) is 5.91 Å². The van der Waals surface area contributed by atoms with E-state index in [0.29, 0.717) is 25.9 Å². The molecule has 1 aromatic carbocycles. The van der Waals surface area contributed by atoms with Gasteiger partial charge < -0.3 is 15.0 Å². The minimum absolute atomic E-state index is 0.0595. The molecule has 8 heteroatoms. The van der Waals surface area contributed by atoms with Gasteiger partial charge in [0.05, 0.1) is 5.92 Å². The topological polar surface area (TPSA) is 105 Å². The van der Waals surface area contributed by atoms with Gasteiger partial charge in [-0.3, -0.25) is 19.7 Å². The molecule has 0 bridgehead atoms. The maximum atomic E-state index is 12.3. The smallest absolute Gasteiger partial charge is 0.321 e. The Hall–Kier alpha value is -3.16. The van der Waals surface area contributed by atoms with Crippen LogP contribution in [0.4, 0.5) is 4.79 Å². The molecule has 0 saturated carbocycles. The van der Waals surface area contributed by atoms with E-state index in [1.54, 1.807) is 11.0 Å². The van der Waals surface area contributed by atoms with E-state index in [4.69, 9.17) is 4.74 Å². The van der Waals surface area contributed by atoms with E-state index in [1.807, 2.05) is 44.2 Å². The Labute approximate surface area is 176 Å². The van der Waals surface area contributed by atoms with E-state index < -0.39 is 24.5 Å². The van der Waals surface area contributed by atoms with Crippen LogP contribution in [-0.2, 0) is 19.1 Å². The summed E-state index contributed by atoms with van der Waals surface area (Å²) < 4.78 is 5.03. The third-order valence-corrected chi connectivity index (χ3v) is 4.95. The summed E-state index contributed by atoms with van der Waals surface area (Å²) in [6, 6.07) is 8.87. The van der Waals surface area contributed by atoms with Crippen molar-refractivity contribution in [3.63, 3.8) is 0 Å². The number of amides is 4. The van der Waals surface area contributed by atoms with Crippen molar-refractivity contribution in [2.45, 2.75) is 39.2 Å². The van der Waals surface area contributed by atoms with Gasteiger partial charge in [-0.05, 0) is 37.8 Å². The highest BCUT2D eigenvalue weighted by Gasteiger charge is 2.28. The molecule has 1 aliphatic heterocycles. The van der Waals surface area contributed by atoms with Gasteiger partial charge in [0.15, 0.2) is 6.61 Å². The molecule has 1 atom stereocenters. The molecule has 2 N–H and O–H groups in total. The van der Waals surface area contributed by atoms with E-state index in [0.717, 1.165) is 12.0 Å². The molecule has 1 aliphatic rings. The van der Waals surface area contributed by atoms with Crippen LogP contribution in [-0.4, -0.2) is 54.5 Å². The zero-order chi connectivity index (χ0) is 21.9. The standard InChI is InChI=1S/C22H29N3O5/c1-3-16(2)23-22(29)24-19(26)15-30-21(28)18-11-13-25(14-12-18)20(27)10-9-17-7-5-4-6-8-17/h4-10,16,18H,3,11-15H2,1-2H3,(H2,23,24,26,29)/b10-9+/t16-/m0/s1. The second-order valence-electron chi connectivity index (χ2n) is 7.28. The van der Waals surface area contributed by atoms with Crippen molar-refractivity contribution >= 4 is 29.9 Å². The molecule has 0 radical (unpaired) electrons. The zero-order valence-corrected chi connectivity index (χ0v) is 17.4. The van der Waals surface area contributed by atoms with Gasteiger partial charge in [0, 0.05) is 25.2 Å². The molecule has 0 unspecified atom stereocenters. The summed E-state index contributed by atoms with van der Waals surface area (Å²) in [5, 5.41) is 4.72. The van der Waals surface area contributed by atoms with E-state index in [2.05, 4.69) is 10.6 Å². The summed E-state index contributed by atoms with van der Waals surface area (Å²) in [7, 11) is 0. The zero-order valence-electron chi connectivity index (χ0n) is 17.4. The van der Waals surface area contributed by atoms with Crippen molar-refractivity contribution in [3.05, 3.63) is 42.0 Å². The number of nitrogens with zero attached hydrogens (tertiary/aromatic N) is 1. The Kier molecular flexibility index (Phi) is 9.05. The number of ether oxygens (including phenoxy) is 1. The Morgan fingerprint density at radius 3 is 2.47 bits per heavy atom. The predicted molar refractivity (Wildman–Crippen MR) is 112 cm³/mol. The van der Waals surface area contributed by atoms with Crippen LogP contribution in [0, 0.1) is 5.92 Å². The molecule has 1 saturated heterocycles. The van der Waals surface area contributed by atoms with Crippen LogP contribution in [0.25, 0.3) is 6.08 Å². The molecule has 1 heterocycles. The van der Waals surface area contributed by atoms with Crippen molar-refractivity contribution in [2.24, 2.45) is 5.92 Å². The first-order valence-corrected chi connectivity index (χ1v) is 10.2. The lowest BCUT2D eigenvalue weighted by atomic mass is 9.97. The molecule has 0 spiro atoms. The monoisotopic (exact) mass is 415 g/mol. The number of esters is 1. The number of piperidine rings is 1. The molecule has 0 aromatic heterocycles. The molecule has 4 amide bonds. The van der Waals surface area contributed by atoms with Crippen molar-refractivity contribution < 1.29 is 23.9 Å². The first kappa shape index (κ1) is 23.1. The van der Waals surface area contributed by atoms with Crippen LogP contribution in [0.3, 0.4) is 0 Å². The van der Waals surface area contributed by atoms with Crippen LogP contribution < -0.4 is 10.6 Å². The van der Waals surface area contributed by atoms with E-state index in [9.17, 15) is 19.2 Å². The number of nitrogens with one attached hydrogen (secondary N) is 2. The first-order valence-electron chi connectivity index (χ1n) is 10.2. The number of likely N-dealkylation sites (tertiary alicyclic amines) is 1. The number of benzene rings is 1. The van der Waals surface area contributed by atoms with Gasteiger partial charge in [-0.15, -0.1) is 0 Å². The second-order valence-corrected chi connectivity index (χ2v) is 7.28. The highest BCUT2D eigenvalue weighted by atomic mass is 16.5. The molecule has 8 nitrogen and oxygen atoms in total. The number of hydrogen-bond acceptors (Lipinski definition) is 5. The number of carbonyl (C=O) groups is 4. The third-order valence-electron chi connectivity index (χ3n) is 4.95. The lowest BCUT2D eigenvalue weighted by Crippen LogP contribution is -2.45. The van der Waals surface area contributed by atoms with Crippen molar-refractivity contribution in [2.75, 3.05) is 19.7 Å². The number of hydrogen-bond donors (Lipinski definition) is 2. The molecule has 0 aliphatic carbocycles. The summed E-state index contributed by atoms with van der Waals surface area (Å²) >= 11 is 0. The second kappa shape index (κ2) is 11.7. The van der Waals surface area contributed by atoms with E-state index >= 15 is 0 Å². The molecule has 2 rings (SSSR count). The highest BCUT2D eigenvalue weighted by molar-refractivity contribution is 5.95. The molecular weight excluding hydrogens is 386 g/mol. The minimum atomic E-state index is -0.678. The van der Waals surface area contributed by atoms with Crippen molar-refractivity contribution in [3.8, 4) is 0 Å². The van der Waals surface area contributed by atoms with Gasteiger partial charge in [-0.1, -0.05) is 37.3 Å². The van der Waals surface area contributed by atoms with E-state index in [1.165, 1.54) is 6.08 Å². The highest BCUT2D eigenvalue weighted by Crippen LogP contribution is 2.19. The lowest BCUT2D eigenvalue weighted by molar-refractivity contribution is -0.154. The van der Waals surface area contributed by atoms with E-state index in [-0.39, 0.29) is 17.9 Å². The van der Waals surface area contributed by atoms with Crippen molar-refractivity contribution in [1.29, 1.82) is 0 Å². The number of imide groups is 1. The molecule has 162 valence electrons. The third kappa shape index (κ3) is 7.69. The van der Waals surface area contributed by atoms with Crippen molar-refractivity contribution in [1.82, 2.24) is 15.5 Å². The Balaban J connectivity index is 1.69. The van der Waals surface area contributed by atoms with Crippen LogP contribution >= 0.6 is 0 Å². The Morgan fingerprint density at radius 1 is 1.17 bits per heavy atom. The quantitative estimate of drug-likeness (QED) is 0.524. The predicted octanol–water partition coefficient (Wildman–Crippen LogP) is 2.11. The normalized spacial score (nSPS) is 15.5. The van der Waals surface area contributed by atoms with Crippen LogP contribution in [0.2, 0.25) is 0 Å². The molecule has 1 fully saturated rings. The molecule has 1 aromatic rings. The fraction of sp³-hybridized carbons (Fsp3) is 0.455. The molecular formula is C22H29N3O5.